The van der Waals surface area contributed by atoms with Crippen molar-refractivity contribution in [3.63, 3.8) is 0 Å². The molecule has 0 bridgehead atoms. The van der Waals surface area contributed by atoms with Crippen LogP contribution in [0.25, 0.3) is 0 Å². The fraction of sp³-hybridized carbons (Fsp3) is 0.154. The number of amides is 1. The van der Waals surface area contributed by atoms with E-state index in [0.29, 0.717) is 12.2 Å². The number of nitro benzene ring substituents is 1. The van der Waals surface area contributed by atoms with Gasteiger partial charge in [-0.05, 0) is 23.6 Å². The number of thiophene rings is 1. The van der Waals surface area contributed by atoms with E-state index in [1.54, 1.807) is 24.5 Å². The topological polar surface area (TPSA) is 84.3 Å². The van der Waals surface area contributed by atoms with Gasteiger partial charge < -0.3 is 10.6 Å². The maximum atomic E-state index is 12.0. The third-order valence-corrected chi connectivity index (χ3v) is 3.61. The highest BCUT2D eigenvalue weighted by molar-refractivity contribution is 7.09. The van der Waals surface area contributed by atoms with Gasteiger partial charge in [-0.15, -0.1) is 11.3 Å². The predicted octanol–water partition coefficient (Wildman–Crippen LogP) is 2.63. The lowest BCUT2D eigenvalue weighted by Gasteiger charge is -2.06. The smallest absolute Gasteiger partial charge is 0.293 e. The number of nitrogens with one attached hydrogen (secondary N) is 2. The Balaban J connectivity index is 2.13. The van der Waals surface area contributed by atoms with Gasteiger partial charge >= 0.3 is 0 Å². The summed E-state index contributed by atoms with van der Waals surface area (Å²) in [5.41, 5.74) is 0.535. The number of hydrogen-bond acceptors (Lipinski definition) is 5. The average Bonchev–Trinajstić information content (AvgIpc) is 2.97. The van der Waals surface area contributed by atoms with E-state index in [2.05, 4.69) is 10.6 Å². The molecule has 1 heterocycles. The maximum absolute atomic E-state index is 12.0. The summed E-state index contributed by atoms with van der Waals surface area (Å²) in [5, 5.41) is 18.3. The molecule has 2 N–H and O–H groups in total. The molecule has 104 valence electrons. The number of hydrogen-bond donors (Lipinski definition) is 2. The van der Waals surface area contributed by atoms with Gasteiger partial charge in [-0.3, -0.25) is 14.9 Å². The Hall–Kier alpha value is -2.41. The number of benzene rings is 1. The Morgan fingerprint density at radius 1 is 1.40 bits per heavy atom. The van der Waals surface area contributed by atoms with Crippen LogP contribution >= 0.6 is 11.3 Å². The Morgan fingerprint density at radius 3 is 2.80 bits per heavy atom. The molecule has 0 saturated heterocycles. The van der Waals surface area contributed by atoms with E-state index in [4.69, 9.17) is 0 Å². The molecule has 1 aromatic heterocycles. The predicted molar refractivity (Wildman–Crippen MR) is 78.1 cm³/mol. The van der Waals surface area contributed by atoms with Crippen LogP contribution in [0.3, 0.4) is 0 Å². The minimum absolute atomic E-state index is 0.115. The number of carbonyl (C=O) groups excluding carboxylic acids is 1. The van der Waals surface area contributed by atoms with E-state index in [9.17, 15) is 14.9 Å². The standard InChI is InChI=1S/C13H13N3O3S/c1-14-11-5-4-9(7-12(11)16(18)19)13(17)15-8-10-3-2-6-20-10/h2-7,14H,8H2,1H3,(H,15,17). The van der Waals surface area contributed by atoms with Gasteiger partial charge in [-0.2, -0.15) is 0 Å². The highest BCUT2D eigenvalue weighted by Gasteiger charge is 2.16. The van der Waals surface area contributed by atoms with Crippen molar-refractivity contribution in [1.29, 1.82) is 0 Å². The van der Waals surface area contributed by atoms with Crippen LogP contribution in [0.5, 0.6) is 0 Å². The van der Waals surface area contributed by atoms with Crippen LogP contribution in [-0.4, -0.2) is 17.9 Å². The van der Waals surface area contributed by atoms with Crippen LogP contribution in [0.15, 0.2) is 35.7 Å². The van der Waals surface area contributed by atoms with E-state index in [1.165, 1.54) is 12.1 Å². The molecular weight excluding hydrogens is 278 g/mol. The lowest BCUT2D eigenvalue weighted by Crippen LogP contribution is -2.22. The Labute approximate surface area is 119 Å². The van der Waals surface area contributed by atoms with E-state index in [-0.39, 0.29) is 17.2 Å². The molecule has 0 radical (unpaired) electrons. The van der Waals surface area contributed by atoms with Gasteiger partial charge in [0.05, 0.1) is 11.5 Å². The van der Waals surface area contributed by atoms with Crippen molar-refractivity contribution >= 4 is 28.6 Å². The molecule has 0 aliphatic heterocycles. The number of nitro groups is 1. The van der Waals surface area contributed by atoms with E-state index >= 15 is 0 Å². The minimum atomic E-state index is -0.512. The summed E-state index contributed by atoms with van der Waals surface area (Å²) in [6, 6.07) is 8.17. The zero-order valence-corrected chi connectivity index (χ0v) is 11.6. The van der Waals surface area contributed by atoms with Crippen molar-refractivity contribution in [2.24, 2.45) is 0 Å². The first-order valence-electron chi connectivity index (χ1n) is 5.88. The fourth-order valence-electron chi connectivity index (χ4n) is 1.72. The minimum Gasteiger partial charge on any atom is -0.383 e. The molecule has 0 atom stereocenters. The summed E-state index contributed by atoms with van der Waals surface area (Å²) >= 11 is 1.54. The van der Waals surface area contributed by atoms with Crippen molar-refractivity contribution in [3.05, 3.63) is 56.3 Å². The second kappa shape index (κ2) is 6.16. The van der Waals surface area contributed by atoms with Crippen LogP contribution in [0.4, 0.5) is 11.4 Å². The molecule has 20 heavy (non-hydrogen) atoms. The highest BCUT2D eigenvalue weighted by Crippen LogP contribution is 2.25. The van der Waals surface area contributed by atoms with E-state index in [1.807, 2.05) is 17.5 Å². The number of carbonyl (C=O) groups is 1. The van der Waals surface area contributed by atoms with Gasteiger partial charge in [-0.1, -0.05) is 6.07 Å². The molecule has 0 aliphatic carbocycles. The van der Waals surface area contributed by atoms with Gasteiger partial charge in [-0.25, -0.2) is 0 Å². The van der Waals surface area contributed by atoms with Crippen molar-refractivity contribution in [2.45, 2.75) is 6.54 Å². The van der Waals surface area contributed by atoms with Crippen LogP contribution in [0.2, 0.25) is 0 Å². The molecule has 2 aromatic rings. The fourth-order valence-corrected chi connectivity index (χ4v) is 2.36. The summed E-state index contributed by atoms with van der Waals surface area (Å²) in [4.78, 5) is 23.4. The molecule has 1 aromatic carbocycles. The zero-order chi connectivity index (χ0) is 14.5. The van der Waals surface area contributed by atoms with Gasteiger partial charge in [0.25, 0.3) is 11.6 Å². The van der Waals surface area contributed by atoms with Crippen LogP contribution in [0.1, 0.15) is 15.2 Å². The lowest BCUT2D eigenvalue weighted by atomic mass is 10.1. The van der Waals surface area contributed by atoms with Crippen molar-refractivity contribution in [2.75, 3.05) is 12.4 Å². The first-order valence-corrected chi connectivity index (χ1v) is 6.76. The van der Waals surface area contributed by atoms with Crippen LogP contribution < -0.4 is 10.6 Å². The number of anilines is 1. The normalized spacial score (nSPS) is 10.1. The SMILES string of the molecule is CNc1ccc(C(=O)NCc2cccs2)cc1[N+](=O)[O-]. The molecular formula is C13H13N3O3S. The molecule has 1 amide bonds. The summed E-state index contributed by atoms with van der Waals surface area (Å²) in [6.07, 6.45) is 0. The monoisotopic (exact) mass is 291 g/mol. The summed E-state index contributed by atoms with van der Waals surface area (Å²) in [5.74, 6) is -0.329. The zero-order valence-electron chi connectivity index (χ0n) is 10.8. The van der Waals surface area contributed by atoms with Crippen LogP contribution in [0, 0.1) is 10.1 Å². The number of rotatable bonds is 5. The van der Waals surface area contributed by atoms with Crippen molar-refractivity contribution in [3.8, 4) is 0 Å². The Kier molecular flexibility index (Phi) is 4.31. The second-order valence-electron chi connectivity index (χ2n) is 4.00. The molecule has 0 aliphatic rings. The number of nitrogens with zero attached hydrogens (tertiary/aromatic N) is 1. The first kappa shape index (κ1) is 14.0. The highest BCUT2D eigenvalue weighted by atomic mass is 32.1. The van der Waals surface area contributed by atoms with Gasteiger partial charge in [0.1, 0.15) is 5.69 Å². The molecule has 6 nitrogen and oxygen atoms in total. The Morgan fingerprint density at radius 2 is 2.20 bits per heavy atom. The van der Waals surface area contributed by atoms with E-state index in [0.717, 1.165) is 4.88 Å². The molecule has 0 fully saturated rings. The maximum Gasteiger partial charge on any atom is 0.293 e. The summed E-state index contributed by atoms with van der Waals surface area (Å²) < 4.78 is 0. The molecule has 0 saturated carbocycles. The van der Waals surface area contributed by atoms with Crippen molar-refractivity contribution in [1.82, 2.24) is 5.32 Å². The van der Waals surface area contributed by atoms with Gasteiger partial charge in [0.15, 0.2) is 0 Å². The van der Waals surface area contributed by atoms with E-state index < -0.39 is 4.92 Å². The largest absolute Gasteiger partial charge is 0.383 e. The quantitative estimate of drug-likeness (QED) is 0.655. The Bertz CT molecular complexity index is 626. The van der Waals surface area contributed by atoms with Crippen LogP contribution in [-0.2, 0) is 6.54 Å². The summed E-state index contributed by atoms with van der Waals surface area (Å²) in [6.45, 7) is 0.415. The van der Waals surface area contributed by atoms with Gasteiger partial charge in [0, 0.05) is 23.6 Å². The third-order valence-electron chi connectivity index (χ3n) is 2.73. The molecule has 2 rings (SSSR count). The molecule has 0 spiro atoms. The molecule has 7 heteroatoms. The average molecular weight is 291 g/mol. The lowest BCUT2D eigenvalue weighted by molar-refractivity contribution is -0.384. The van der Waals surface area contributed by atoms with Crippen molar-refractivity contribution < 1.29 is 9.72 Å². The summed E-state index contributed by atoms with van der Waals surface area (Å²) in [7, 11) is 1.60. The third kappa shape index (κ3) is 3.12. The second-order valence-corrected chi connectivity index (χ2v) is 5.03. The van der Waals surface area contributed by atoms with Gasteiger partial charge in [0.2, 0.25) is 0 Å². The molecule has 0 unspecified atom stereocenters. The first-order chi connectivity index (χ1) is 9.61.